The lowest BCUT2D eigenvalue weighted by Crippen LogP contribution is -2.54. The molecule has 1 fully saturated rings. The van der Waals surface area contributed by atoms with Gasteiger partial charge < -0.3 is 5.32 Å². The summed E-state index contributed by atoms with van der Waals surface area (Å²) in [6, 6.07) is 0.353. The zero-order valence-corrected chi connectivity index (χ0v) is 8.55. The van der Waals surface area contributed by atoms with Crippen molar-refractivity contribution < 1.29 is 4.79 Å². The molecular weight excluding hydrogens is 164 g/mol. The van der Waals surface area contributed by atoms with Crippen LogP contribution in [0.2, 0.25) is 0 Å². The number of hydrogen-bond acceptors (Lipinski definition) is 3. The van der Waals surface area contributed by atoms with Gasteiger partial charge in [0, 0.05) is 31.6 Å². The lowest BCUT2D eigenvalue weighted by Gasteiger charge is -2.37. The Kier molecular flexibility index (Phi) is 4.39. The van der Waals surface area contributed by atoms with E-state index in [0.29, 0.717) is 6.04 Å². The summed E-state index contributed by atoms with van der Waals surface area (Å²) in [4.78, 5) is 13.0. The van der Waals surface area contributed by atoms with Gasteiger partial charge in [-0.25, -0.2) is 0 Å². The third-order valence-corrected chi connectivity index (χ3v) is 2.67. The standard InChI is InChI=1S/C10H19N2O/c1-3-5-12-6-4-11-7-10(12)9(2)8-13/h9-11H,3-7H2,1-2H3. The van der Waals surface area contributed by atoms with Crippen molar-refractivity contribution in [3.8, 4) is 0 Å². The summed E-state index contributed by atoms with van der Waals surface area (Å²) in [5, 5.41) is 3.32. The van der Waals surface area contributed by atoms with Crippen LogP contribution in [0.3, 0.4) is 0 Å². The topological polar surface area (TPSA) is 32.3 Å². The summed E-state index contributed by atoms with van der Waals surface area (Å²) in [5.74, 6) is 0.0272. The van der Waals surface area contributed by atoms with Gasteiger partial charge >= 0.3 is 0 Å². The molecule has 0 aromatic heterocycles. The van der Waals surface area contributed by atoms with Crippen molar-refractivity contribution in [2.24, 2.45) is 5.92 Å². The van der Waals surface area contributed by atoms with Gasteiger partial charge in [-0.2, -0.15) is 0 Å². The zero-order chi connectivity index (χ0) is 9.68. The summed E-state index contributed by atoms with van der Waals surface area (Å²) in [6.45, 7) is 8.25. The molecule has 0 spiro atoms. The van der Waals surface area contributed by atoms with Crippen LogP contribution in [-0.2, 0) is 4.79 Å². The minimum atomic E-state index is 0.0272. The molecule has 1 aliphatic heterocycles. The van der Waals surface area contributed by atoms with E-state index in [1.807, 2.05) is 6.92 Å². The maximum atomic E-state index is 10.6. The first-order valence-electron chi connectivity index (χ1n) is 5.12. The molecule has 13 heavy (non-hydrogen) atoms. The summed E-state index contributed by atoms with van der Waals surface area (Å²) >= 11 is 0. The van der Waals surface area contributed by atoms with Gasteiger partial charge in [-0.05, 0) is 13.0 Å². The van der Waals surface area contributed by atoms with Crippen molar-refractivity contribution in [1.29, 1.82) is 0 Å². The lowest BCUT2D eigenvalue weighted by molar-refractivity contribution is 0.138. The second kappa shape index (κ2) is 5.35. The molecule has 0 amide bonds. The molecule has 2 atom stereocenters. The zero-order valence-electron chi connectivity index (χ0n) is 8.55. The first-order valence-corrected chi connectivity index (χ1v) is 5.12. The van der Waals surface area contributed by atoms with Gasteiger partial charge in [0.25, 0.3) is 0 Å². The molecule has 75 valence electrons. The SMILES string of the molecule is CCCN1CCNCC1C(C)[C]=O. The van der Waals surface area contributed by atoms with Crippen molar-refractivity contribution in [3.63, 3.8) is 0 Å². The Morgan fingerprint density at radius 2 is 2.46 bits per heavy atom. The van der Waals surface area contributed by atoms with Gasteiger partial charge in [0.05, 0.1) is 0 Å². The summed E-state index contributed by atoms with van der Waals surface area (Å²) in [6.07, 6.45) is 3.25. The molecule has 1 heterocycles. The van der Waals surface area contributed by atoms with Gasteiger partial charge in [-0.15, -0.1) is 0 Å². The van der Waals surface area contributed by atoms with E-state index in [9.17, 15) is 4.79 Å². The van der Waals surface area contributed by atoms with Crippen LogP contribution in [0.15, 0.2) is 0 Å². The highest BCUT2D eigenvalue weighted by molar-refractivity contribution is 5.55. The van der Waals surface area contributed by atoms with Crippen LogP contribution in [0.25, 0.3) is 0 Å². The molecule has 1 aliphatic rings. The van der Waals surface area contributed by atoms with E-state index in [1.165, 1.54) is 0 Å². The molecule has 1 N–H and O–H groups in total. The maximum Gasteiger partial charge on any atom is 0.203 e. The fourth-order valence-electron chi connectivity index (χ4n) is 1.90. The van der Waals surface area contributed by atoms with Crippen molar-refractivity contribution in [2.75, 3.05) is 26.2 Å². The smallest absolute Gasteiger partial charge is 0.203 e. The minimum absolute atomic E-state index is 0.0272. The molecule has 1 rings (SSSR count). The number of hydrogen-bond donors (Lipinski definition) is 1. The Labute approximate surface area is 80.5 Å². The fraction of sp³-hybridized carbons (Fsp3) is 0.900. The Hall–Kier alpha value is -0.410. The quantitative estimate of drug-likeness (QED) is 0.685. The highest BCUT2D eigenvalue weighted by Gasteiger charge is 2.26. The number of nitrogens with zero attached hydrogens (tertiary/aromatic N) is 1. The number of carbonyl (C=O) groups excluding carboxylic acids is 1. The van der Waals surface area contributed by atoms with Crippen LogP contribution >= 0.6 is 0 Å². The molecule has 3 heteroatoms. The van der Waals surface area contributed by atoms with E-state index in [1.54, 1.807) is 0 Å². The molecule has 0 aliphatic carbocycles. The van der Waals surface area contributed by atoms with Crippen LogP contribution < -0.4 is 5.32 Å². The molecule has 2 unspecified atom stereocenters. The molecule has 3 nitrogen and oxygen atoms in total. The van der Waals surface area contributed by atoms with Crippen LogP contribution in [0, 0.1) is 5.92 Å². The van der Waals surface area contributed by atoms with Gasteiger partial charge in [0.15, 0.2) is 0 Å². The van der Waals surface area contributed by atoms with E-state index < -0.39 is 0 Å². The number of nitrogens with one attached hydrogen (secondary N) is 1. The van der Waals surface area contributed by atoms with Crippen molar-refractivity contribution in [3.05, 3.63) is 0 Å². The molecule has 1 saturated heterocycles. The average Bonchev–Trinajstić information content (AvgIpc) is 2.18. The molecule has 1 radical (unpaired) electrons. The monoisotopic (exact) mass is 183 g/mol. The Morgan fingerprint density at radius 1 is 1.69 bits per heavy atom. The van der Waals surface area contributed by atoms with Gasteiger partial charge in [0.2, 0.25) is 6.29 Å². The van der Waals surface area contributed by atoms with E-state index >= 15 is 0 Å². The first kappa shape index (κ1) is 10.7. The third-order valence-electron chi connectivity index (χ3n) is 2.67. The van der Waals surface area contributed by atoms with Crippen LogP contribution in [0.1, 0.15) is 20.3 Å². The predicted octanol–water partition coefficient (Wildman–Crippen LogP) is 0.416. The highest BCUT2D eigenvalue weighted by atomic mass is 16.1. The molecule has 0 aromatic carbocycles. The van der Waals surface area contributed by atoms with Crippen molar-refractivity contribution in [1.82, 2.24) is 10.2 Å². The summed E-state index contributed by atoms with van der Waals surface area (Å²) in [5.41, 5.74) is 0. The molecule has 0 saturated carbocycles. The van der Waals surface area contributed by atoms with E-state index in [2.05, 4.69) is 23.4 Å². The second-order valence-corrected chi connectivity index (χ2v) is 3.71. The van der Waals surface area contributed by atoms with Crippen molar-refractivity contribution in [2.45, 2.75) is 26.3 Å². The van der Waals surface area contributed by atoms with Crippen LogP contribution in [0.4, 0.5) is 0 Å². The lowest BCUT2D eigenvalue weighted by atomic mass is 10.00. The number of piperazine rings is 1. The maximum absolute atomic E-state index is 10.6. The largest absolute Gasteiger partial charge is 0.314 e. The summed E-state index contributed by atoms with van der Waals surface area (Å²) < 4.78 is 0. The van der Waals surface area contributed by atoms with E-state index in [4.69, 9.17) is 0 Å². The Balaban J connectivity index is 2.50. The normalized spacial score (nSPS) is 27.1. The molecule has 0 bridgehead atoms. The molecule has 0 aromatic rings. The predicted molar refractivity (Wildman–Crippen MR) is 53.4 cm³/mol. The Morgan fingerprint density at radius 3 is 3.08 bits per heavy atom. The van der Waals surface area contributed by atoms with E-state index in [0.717, 1.165) is 32.6 Å². The highest BCUT2D eigenvalue weighted by Crippen LogP contribution is 2.11. The van der Waals surface area contributed by atoms with Gasteiger partial charge in [-0.1, -0.05) is 13.8 Å². The number of rotatable bonds is 4. The molecular formula is C10H19N2O. The van der Waals surface area contributed by atoms with Crippen LogP contribution in [0.5, 0.6) is 0 Å². The third kappa shape index (κ3) is 2.78. The Bertz CT molecular complexity index is 159. The van der Waals surface area contributed by atoms with Crippen molar-refractivity contribution >= 4 is 6.29 Å². The summed E-state index contributed by atoms with van der Waals surface area (Å²) in [7, 11) is 0. The first-order chi connectivity index (χ1) is 6.29. The van der Waals surface area contributed by atoms with Gasteiger partial charge in [0.1, 0.15) is 0 Å². The second-order valence-electron chi connectivity index (χ2n) is 3.71. The van der Waals surface area contributed by atoms with Crippen LogP contribution in [-0.4, -0.2) is 43.4 Å². The minimum Gasteiger partial charge on any atom is -0.314 e. The average molecular weight is 183 g/mol. The van der Waals surface area contributed by atoms with Gasteiger partial charge in [-0.3, -0.25) is 9.69 Å². The fourth-order valence-corrected chi connectivity index (χ4v) is 1.90. The van der Waals surface area contributed by atoms with E-state index in [-0.39, 0.29) is 5.92 Å².